The average Bonchev–Trinajstić information content (AvgIpc) is 3.23. The lowest BCUT2D eigenvalue weighted by molar-refractivity contribution is 0.0697. The molecule has 1 saturated heterocycles. The first-order valence-corrected chi connectivity index (χ1v) is 7.46. The van der Waals surface area contributed by atoms with E-state index in [1.807, 2.05) is 12.1 Å². The molecule has 19 heavy (non-hydrogen) atoms. The van der Waals surface area contributed by atoms with Crippen LogP contribution >= 0.6 is 15.9 Å². The van der Waals surface area contributed by atoms with Gasteiger partial charge in [-0.1, -0.05) is 15.9 Å². The Labute approximate surface area is 121 Å². The topological polar surface area (TPSA) is 43.8 Å². The molecule has 0 radical (unpaired) electrons. The maximum absolute atomic E-state index is 11.3. The Morgan fingerprint density at radius 3 is 2.47 bits per heavy atom. The van der Waals surface area contributed by atoms with E-state index in [2.05, 4.69) is 25.7 Å². The summed E-state index contributed by atoms with van der Waals surface area (Å²) < 4.78 is 0.810. The van der Waals surface area contributed by atoms with Gasteiger partial charge in [-0.05, 0) is 31.0 Å². The van der Waals surface area contributed by atoms with Gasteiger partial charge in [-0.3, -0.25) is 4.90 Å². The van der Waals surface area contributed by atoms with Crippen LogP contribution in [0, 0.1) is 0 Å². The first-order chi connectivity index (χ1) is 9.15. The number of halogens is 1. The van der Waals surface area contributed by atoms with Crippen LogP contribution in [0.4, 0.5) is 5.69 Å². The maximum Gasteiger partial charge on any atom is 0.337 e. The monoisotopic (exact) mass is 324 g/mol. The van der Waals surface area contributed by atoms with Crippen molar-refractivity contribution in [3.05, 3.63) is 28.2 Å². The van der Waals surface area contributed by atoms with Gasteiger partial charge in [-0.2, -0.15) is 0 Å². The molecule has 3 rings (SSSR count). The van der Waals surface area contributed by atoms with Gasteiger partial charge in [-0.15, -0.1) is 0 Å². The van der Waals surface area contributed by atoms with Crippen molar-refractivity contribution in [2.75, 3.05) is 31.1 Å². The molecule has 0 atom stereocenters. The summed E-state index contributed by atoms with van der Waals surface area (Å²) in [4.78, 5) is 16.1. The molecule has 1 heterocycles. The van der Waals surface area contributed by atoms with Crippen molar-refractivity contribution < 1.29 is 9.90 Å². The number of carboxylic acid groups (broad SMARTS) is 1. The van der Waals surface area contributed by atoms with Crippen molar-refractivity contribution in [3.8, 4) is 0 Å². The third-order valence-electron chi connectivity index (χ3n) is 3.91. The molecule has 1 N–H and O–H groups in total. The molecule has 0 aromatic heterocycles. The number of nitrogens with zero attached hydrogens (tertiary/aromatic N) is 2. The molecule has 2 fully saturated rings. The number of carbonyl (C=O) groups is 1. The first-order valence-electron chi connectivity index (χ1n) is 6.67. The van der Waals surface area contributed by atoms with E-state index in [-0.39, 0.29) is 0 Å². The van der Waals surface area contributed by atoms with Crippen LogP contribution in [0.2, 0.25) is 0 Å². The predicted molar refractivity (Wildman–Crippen MR) is 77.9 cm³/mol. The lowest BCUT2D eigenvalue weighted by Gasteiger charge is -2.36. The molecular formula is C14H17BrN2O2. The Balaban J connectivity index is 1.77. The fourth-order valence-electron chi connectivity index (χ4n) is 2.72. The van der Waals surface area contributed by atoms with Crippen molar-refractivity contribution >= 4 is 27.6 Å². The molecule has 2 aliphatic rings. The maximum atomic E-state index is 11.3. The number of piperazine rings is 1. The number of rotatable bonds is 3. The highest BCUT2D eigenvalue weighted by molar-refractivity contribution is 9.10. The van der Waals surface area contributed by atoms with Gasteiger partial charge in [0.15, 0.2) is 0 Å². The zero-order chi connectivity index (χ0) is 13.4. The van der Waals surface area contributed by atoms with Gasteiger partial charge in [0.05, 0.1) is 11.3 Å². The number of benzene rings is 1. The van der Waals surface area contributed by atoms with Crippen molar-refractivity contribution in [2.24, 2.45) is 0 Å². The highest BCUT2D eigenvalue weighted by Gasteiger charge is 2.31. The second-order valence-electron chi connectivity index (χ2n) is 5.22. The van der Waals surface area contributed by atoms with E-state index in [9.17, 15) is 9.90 Å². The van der Waals surface area contributed by atoms with Crippen LogP contribution in [0.25, 0.3) is 0 Å². The van der Waals surface area contributed by atoms with E-state index in [1.54, 1.807) is 6.07 Å². The molecule has 0 spiro atoms. The standard InChI is InChI=1S/C14H17BrN2O2/c15-10-1-4-13(12(9-10)14(18)19)17-7-5-16(6-8-17)11-2-3-11/h1,4,9,11H,2-3,5-8H2,(H,18,19). The van der Waals surface area contributed by atoms with Crippen LogP contribution in [0.15, 0.2) is 22.7 Å². The molecule has 1 aliphatic carbocycles. The largest absolute Gasteiger partial charge is 0.478 e. The highest BCUT2D eigenvalue weighted by atomic mass is 79.9. The molecule has 102 valence electrons. The molecular weight excluding hydrogens is 308 g/mol. The van der Waals surface area contributed by atoms with Gasteiger partial charge < -0.3 is 10.0 Å². The number of hydrogen-bond acceptors (Lipinski definition) is 3. The minimum absolute atomic E-state index is 0.384. The smallest absolute Gasteiger partial charge is 0.337 e. The minimum atomic E-state index is -0.860. The lowest BCUT2D eigenvalue weighted by Crippen LogP contribution is -2.47. The molecule has 4 nitrogen and oxygen atoms in total. The number of hydrogen-bond donors (Lipinski definition) is 1. The highest BCUT2D eigenvalue weighted by Crippen LogP contribution is 2.30. The van der Waals surface area contributed by atoms with Gasteiger partial charge in [0.2, 0.25) is 0 Å². The number of anilines is 1. The van der Waals surface area contributed by atoms with Crippen LogP contribution in [0.5, 0.6) is 0 Å². The average molecular weight is 325 g/mol. The Kier molecular flexibility index (Phi) is 3.50. The zero-order valence-corrected chi connectivity index (χ0v) is 12.3. The normalized spacial score (nSPS) is 20.6. The van der Waals surface area contributed by atoms with E-state index in [0.29, 0.717) is 5.56 Å². The molecule has 5 heteroatoms. The number of carboxylic acids is 1. The lowest BCUT2D eigenvalue weighted by atomic mass is 10.1. The number of aromatic carboxylic acids is 1. The Bertz CT molecular complexity index is 494. The van der Waals surface area contributed by atoms with Crippen molar-refractivity contribution in [1.29, 1.82) is 0 Å². The van der Waals surface area contributed by atoms with Gasteiger partial charge in [-0.25, -0.2) is 4.79 Å². The second kappa shape index (κ2) is 5.13. The third-order valence-corrected chi connectivity index (χ3v) is 4.40. The summed E-state index contributed by atoms with van der Waals surface area (Å²) in [5.74, 6) is -0.860. The van der Waals surface area contributed by atoms with Gasteiger partial charge in [0.1, 0.15) is 0 Å². The summed E-state index contributed by atoms with van der Waals surface area (Å²) in [6, 6.07) is 6.30. The van der Waals surface area contributed by atoms with E-state index in [4.69, 9.17) is 0 Å². The predicted octanol–water partition coefficient (Wildman–Crippen LogP) is 2.43. The van der Waals surface area contributed by atoms with E-state index in [1.165, 1.54) is 12.8 Å². The summed E-state index contributed by atoms with van der Waals surface area (Å²) in [5, 5.41) is 9.31. The molecule has 1 aliphatic heterocycles. The van der Waals surface area contributed by atoms with Crippen LogP contribution in [0.3, 0.4) is 0 Å². The molecule has 1 aromatic carbocycles. The van der Waals surface area contributed by atoms with Crippen LogP contribution in [-0.2, 0) is 0 Å². The summed E-state index contributed by atoms with van der Waals surface area (Å²) in [6.45, 7) is 3.91. The summed E-state index contributed by atoms with van der Waals surface area (Å²) in [7, 11) is 0. The fourth-order valence-corrected chi connectivity index (χ4v) is 3.08. The Morgan fingerprint density at radius 2 is 1.89 bits per heavy atom. The molecule has 1 saturated carbocycles. The quantitative estimate of drug-likeness (QED) is 0.927. The van der Waals surface area contributed by atoms with Crippen LogP contribution in [-0.4, -0.2) is 48.2 Å². The molecule has 0 bridgehead atoms. The van der Waals surface area contributed by atoms with Crippen molar-refractivity contribution in [1.82, 2.24) is 4.90 Å². The van der Waals surface area contributed by atoms with E-state index in [0.717, 1.165) is 42.4 Å². The van der Waals surface area contributed by atoms with Gasteiger partial charge >= 0.3 is 5.97 Å². The molecule has 0 unspecified atom stereocenters. The summed E-state index contributed by atoms with van der Waals surface area (Å²) in [5.41, 5.74) is 1.22. The Morgan fingerprint density at radius 1 is 1.21 bits per heavy atom. The first kappa shape index (κ1) is 12.9. The fraction of sp³-hybridized carbons (Fsp3) is 0.500. The van der Waals surface area contributed by atoms with Crippen molar-refractivity contribution in [3.63, 3.8) is 0 Å². The SMILES string of the molecule is O=C(O)c1cc(Br)ccc1N1CCN(C2CC2)CC1. The van der Waals surface area contributed by atoms with E-state index >= 15 is 0 Å². The third kappa shape index (κ3) is 2.77. The molecule has 0 amide bonds. The zero-order valence-electron chi connectivity index (χ0n) is 10.7. The van der Waals surface area contributed by atoms with Gasteiger partial charge in [0, 0.05) is 36.7 Å². The summed E-state index contributed by atoms with van der Waals surface area (Å²) in [6.07, 6.45) is 2.66. The van der Waals surface area contributed by atoms with Crippen LogP contribution in [0.1, 0.15) is 23.2 Å². The minimum Gasteiger partial charge on any atom is -0.478 e. The summed E-state index contributed by atoms with van der Waals surface area (Å²) >= 11 is 3.34. The van der Waals surface area contributed by atoms with Crippen LogP contribution < -0.4 is 4.90 Å². The van der Waals surface area contributed by atoms with Gasteiger partial charge in [0.25, 0.3) is 0 Å². The van der Waals surface area contributed by atoms with Crippen molar-refractivity contribution in [2.45, 2.75) is 18.9 Å². The second-order valence-corrected chi connectivity index (χ2v) is 6.14. The molecule has 1 aromatic rings. The van der Waals surface area contributed by atoms with E-state index < -0.39 is 5.97 Å². The Hall–Kier alpha value is -1.07.